The molecule has 0 amide bonds. The summed E-state index contributed by atoms with van der Waals surface area (Å²) in [6.07, 6.45) is 2.48. The van der Waals surface area contributed by atoms with Crippen molar-refractivity contribution in [2.24, 2.45) is 23.7 Å². The van der Waals surface area contributed by atoms with Crippen LogP contribution < -0.4 is 0 Å². The molecule has 1 nitrogen and oxygen atoms in total. The van der Waals surface area contributed by atoms with Crippen molar-refractivity contribution < 1.29 is 5.11 Å². The van der Waals surface area contributed by atoms with E-state index in [1.807, 2.05) is 0 Å². The maximum atomic E-state index is 9.89. The highest BCUT2D eigenvalue weighted by atomic mass is 79.9. The van der Waals surface area contributed by atoms with Crippen molar-refractivity contribution in [1.82, 2.24) is 0 Å². The zero-order valence-corrected chi connectivity index (χ0v) is 10.1. The van der Waals surface area contributed by atoms with Crippen LogP contribution in [0.25, 0.3) is 0 Å². The van der Waals surface area contributed by atoms with E-state index in [1.165, 1.54) is 12.8 Å². The van der Waals surface area contributed by atoms with Crippen molar-refractivity contribution in [3.63, 3.8) is 0 Å². The van der Waals surface area contributed by atoms with E-state index in [1.54, 1.807) is 0 Å². The number of aliphatic hydroxyl groups is 1. The Bertz CT molecular complexity index is 156. The lowest BCUT2D eigenvalue weighted by atomic mass is 9.82. The SMILES string of the molecule is OC1[C@H]2CC[C@@H]1[C@H](CBr)[C@@H]2CBr. The Labute approximate surface area is 90.2 Å². The molecule has 0 aromatic carbocycles. The molecular weight excluding hydrogens is 284 g/mol. The van der Waals surface area contributed by atoms with E-state index in [-0.39, 0.29) is 6.10 Å². The normalized spacial score (nSPS) is 51.8. The average Bonchev–Trinajstić information content (AvgIpc) is 2.58. The first kappa shape index (κ1) is 9.47. The van der Waals surface area contributed by atoms with Crippen LogP contribution in [0.2, 0.25) is 0 Å². The Morgan fingerprint density at radius 3 is 1.75 bits per heavy atom. The van der Waals surface area contributed by atoms with Gasteiger partial charge in [-0.1, -0.05) is 31.9 Å². The Hall–Kier alpha value is 0.920. The van der Waals surface area contributed by atoms with E-state index in [0.29, 0.717) is 23.7 Å². The minimum Gasteiger partial charge on any atom is -0.393 e. The van der Waals surface area contributed by atoms with Gasteiger partial charge in [-0.05, 0) is 36.5 Å². The van der Waals surface area contributed by atoms with Gasteiger partial charge in [0, 0.05) is 10.7 Å². The van der Waals surface area contributed by atoms with Crippen LogP contribution in [0.4, 0.5) is 0 Å². The Balaban J connectivity index is 2.15. The Morgan fingerprint density at radius 1 is 1.00 bits per heavy atom. The van der Waals surface area contributed by atoms with Gasteiger partial charge in [0.15, 0.2) is 0 Å². The highest BCUT2D eigenvalue weighted by Gasteiger charge is 2.52. The lowest BCUT2D eigenvalue weighted by Crippen LogP contribution is -2.24. The van der Waals surface area contributed by atoms with E-state index in [0.717, 1.165) is 10.7 Å². The fourth-order valence-electron chi connectivity index (χ4n) is 3.07. The van der Waals surface area contributed by atoms with E-state index >= 15 is 0 Å². The third-order valence-corrected chi connectivity index (χ3v) is 5.21. The quantitative estimate of drug-likeness (QED) is 0.776. The third kappa shape index (κ3) is 1.20. The molecule has 0 heterocycles. The molecule has 2 fully saturated rings. The van der Waals surface area contributed by atoms with Crippen molar-refractivity contribution >= 4 is 31.9 Å². The number of hydrogen-bond donors (Lipinski definition) is 1. The topological polar surface area (TPSA) is 20.2 Å². The molecule has 2 bridgehead atoms. The highest BCUT2D eigenvalue weighted by molar-refractivity contribution is 9.09. The standard InChI is InChI=1S/C9H14Br2O/c10-3-7-5-1-2-6(9(5)12)8(7)4-11/h5-9,12H,1-4H2/t5-,6+,7+,8-,9?. The van der Waals surface area contributed by atoms with Crippen molar-refractivity contribution in [2.75, 3.05) is 10.7 Å². The minimum atomic E-state index is -0.00454. The zero-order chi connectivity index (χ0) is 8.72. The number of aliphatic hydroxyl groups excluding tert-OH is 1. The second-order valence-electron chi connectivity index (χ2n) is 4.03. The van der Waals surface area contributed by atoms with Gasteiger partial charge in [-0.2, -0.15) is 0 Å². The molecule has 0 radical (unpaired) electrons. The molecule has 5 atom stereocenters. The predicted molar refractivity (Wildman–Crippen MR) is 56.8 cm³/mol. The van der Waals surface area contributed by atoms with Crippen LogP contribution in [0.15, 0.2) is 0 Å². The van der Waals surface area contributed by atoms with Gasteiger partial charge in [-0.25, -0.2) is 0 Å². The van der Waals surface area contributed by atoms with Crippen molar-refractivity contribution in [3.05, 3.63) is 0 Å². The van der Waals surface area contributed by atoms with Gasteiger partial charge in [-0.3, -0.25) is 0 Å². The van der Waals surface area contributed by atoms with Crippen LogP contribution in [0.3, 0.4) is 0 Å². The molecule has 2 saturated carbocycles. The summed E-state index contributed by atoms with van der Waals surface area (Å²) in [7, 11) is 0. The summed E-state index contributed by atoms with van der Waals surface area (Å²) in [6, 6.07) is 0. The van der Waals surface area contributed by atoms with E-state index in [9.17, 15) is 5.11 Å². The van der Waals surface area contributed by atoms with Crippen molar-refractivity contribution in [1.29, 1.82) is 0 Å². The second-order valence-corrected chi connectivity index (χ2v) is 5.33. The summed E-state index contributed by atoms with van der Waals surface area (Å²) in [6.45, 7) is 0. The van der Waals surface area contributed by atoms with E-state index in [4.69, 9.17) is 0 Å². The number of fused-ring (bicyclic) bond motifs is 2. The fourth-order valence-corrected chi connectivity index (χ4v) is 4.99. The summed E-state index contributed by atoms with van der Waals surface area (Å²) < 4.78 is 0. The van der Waals surface area contributed by atoms with Crippen molar-refractivity contribution in [2.45, 2.75) is 18.9 Å². The third-order valence-electron chi connectivity index (χ3n) is 3.72. The van der Waals surface area contributed by atoms with Crippen molar-refractivity contribution in [3.8, 4) is 0 Å². The Kier molecular flexibility index (Phi) is 2.83. The molecule has 0 saturated heterocycles. The zero-order valence-electron chi connectivity index (χ0n) is 6.92. The molecule has 0 aliphatic heterocycles. The maximum absolute atomic E-state index is 9.89. The lowest BCUT2D eigenvalue weighted by molar-refractivity contribution is 0.120. The van der Waals surface area contributed by atoms with E-state index < -0.39 is 0 Å². The number of rotatable bonds is 2. The van der Waals surface area contributed by atoms with Gasteiger partial charge in [0.25, 0.3) is 0 Å². The first-order valence-corrected chi connectivity index (χ1v) is 6.84. The molecule has 1 unspecified atom stereocenters. The molecule has 3 heteroatoms. The first-order chi connectivity index (χ1) is 5.79. The number of hydrogen-bond acceptors (Lipinski definition) is 1. The summed E-state index contributed by atoms with van der Waals surface area (Å²) in [4.78, 5) is 0. The largest absolute Gasteiger partial charge is 0.393 e. The van der Waals surface area contributed by atoms with Gasteiger partial charge in [0.05, 0.1) is 6.10 Å². The average molecular weight is 298 g/mol. The molecule has 70 valence electrons. The summed E-state index contributed by atoms with van der Waals surface area (Å²) in [5, 5.41) is 12.0. The first-order valence-electron chi connectivity index (χ1n) is 4.59. The molecule has 2 aliphatic rings. The van der Waals surface area contributed by atoms with Gasteiger partial charge >= 0.3 is 0 Å². The highest BCUT2D eigenvalue weighted by Crippen LogP contribution is 2.53. The summed E-state index contributed by atoms with van der Waals surface area (Å²) in [5.74, 6) is 2.57. The fraction of sp³-hybridized carbons (Fsp3) is 1.00. The monoisotopic (exact) mass is 296 g/mol. The summed E-state index contributed by atoms with van der Waals surface area (Å²) in [5.41, 5.74) is 0. The van der Waals surface area contributed by atoms with Gasteiger partial charge in [0.1, 0.15) is 0 Å². The molecule has 12 heavy (non-hydrogen) atoms. The summed E-state index contributed by atoms with van der Waals surface area (Å²) >= 11 is 7.11. The van der Waals surface area contributed by atoms with Crippen LogP contribution in [0, 0.1) is 23.7 Å². The van der Waals surface area contributed by atoms with Crippen LogP contribution in [-0.4, -0.2) is 21.9 Å². The molecule has 0 spiro atoms. The van der Waals surface area contributed by atoms with Crippen LogP contribution in [0.1, 0.15) is 12.8 Å². The number of halogens is 2. The molecule has 0 aromatic heterocycles. The number of alkyl halides is 2. The van der Waals surface area contributed by atoms with Gasteiger partial charge in [-0.15, -0.1) is 0 Å². The predicted octanol–water partition coefficient (Wildman–Crippen LogP) is 2.41. The molecule has 1 N–H and O–H groups in total. The molecule has 0 aromatic rings. The maximum Gasteiger partial charge on any atom is 0.0602 e. The minimum absolute atomic E-state index is 0.00454. The van der Waals surface area contributed by atoms with Crippen LogP contribution in [0.5, 0.6) is 0 Å². The molecule has 2 rings (SSSR count). The Morgan fingerprint density at radius 2 is 1.42 bits per heavy atom. The second kappa shape index (κ2) is 3.58. The van der Waals surface area contributed by atoms with Crippen LogP contribution >= 0.6 is 31.9 Å². The van der Waals surface area contributed by atoms with Gasteiger partial charge in [0.2, 0.25) is 0 Å². The van der Waals surface area contributed by atoms with Gasteiger partial charge < -0.3 is 5.11 Å². The smallest absolute Gasteiger partial charge is 0.0602 e. The molecule has 2 aliphatic carbocycles. The molecular formula is C9H14Br2O. The lowest BCUT2D eigenvalue weighted by Gasteiger charge is -2.27. The van der Waals surface area contributed by atoms with E-state index in [2.05, 4.69) is 31.9 Å². The van der Waals surface area contributed by atoms with Crippen LogP contribution in [-0.2, 0) is 0 Å².